The zero-order valence-electron chi connectivity index (χ0n) is 13.6. The predicted octanol–water partition coefficient (Wildman–Crippen LogP) is 3.42. The van der Waals surface area contributed by atoms with E-state index in [1.165, 1.54) is 43.0 Å². The number of thioether (sulfide) groups is 1. The third kappa shape index (κ3) is 6.01. The van der Waals surface area contributed by atoms with E-state index in [0.29, 0.717) is 12.1 Å². The highest BCUT2D eigenvalue weighted by Gasteiger charge is 2.22. The summed E-state index contributed by atoms with van der Waals surface area (Å²) in [5.74, 6) is 2.55. The normalized spacial score (nSPS) is 23.9. The van der Waals surface area contributed by atoms with Gasteiger partial charge in [0.25, 0.3) is 0 Å². The molecule has 1 aromatic rings. The minimum Gasteiger partial charge on any atom is -0.312 e. The largest absolute Gasteiger partial charge is 0.312 e. The Morgan fingerprint density at radius 1 is 1.29 bits per heavy atom. The molecule has 21 heavy (non-hydrogen) atoms. The van der Waals surface area contributed by atoms with Crippen molar-refractivity contribution in [2.45, 2.75) is 45.2 Å². The van der Waals surface area contributed by atoms with Gasteiger partial charge in [0.15, 0.2) is 0 Å². The van der Waals surface area contributed by atoms with Crippen LogP contribution in [0.2, 0.25) is 0 Å². The maximum absolute atomic E-state index is 3.75. The monoisotopic (exact) mass is 306 g/mol. The lowest BCUT2D eigenvalue weighted by Gasteiger charge is -2.29. The zero-order valence-corrected chi connectivity index (χ0v) is 14.4. The van der Waals surface area contributed by atoms with Gasteiger partial charge in [0.2, 0.25) is 0 Å². The first-order chi connectivity index (χ1) is 10.3. The summed E-state index contributed by atoms with van der Waals surface area (Å²) >= 11 is 2.06. The molecular formula is C18H30N2S. The van der Waals surface area contributed by atoms with Gasteiger partial charge in [-0.1, -0.05) is 37.3 Å². The van der Waals surface area contributed by atoms with Crippen LogP contribution in [0.15, 0.2) is 30.3 Å². The molecule has 0 amide bonds. The first-order valence-electron chi connectivity index (χ1n) is 8.38. The third-order valence-corrected chi connectivity index (χ3v) is 5.32. The van der Waals surface area contributed by atoms with Gasteiger partial charge < -0.3 is 5.32 Å². The molecule has 1 aliphatic rings. The Morgan fingerprint density at radius 3 is 2.86 bits per heavy atom. The van der Waals surface area contributed by atoms with Crippen LogP contribution >= 0.6 is 11.8 Å². The highest BCUT2D eigenvalue weighted by atomic mass is 32.2. The molecule has 1 fully saturated rings. The number of nitrogens with zero attached hydrogens (tertiary/aromatic N) is 1. The van der Waals surface area contributed by atoms with E-state index in [0.717, 1.165) is 13.0 Å². The summed E-state index contributed by atoms with van der Waals surface area (Å²) in [7, 11) is 0. The van der Waals surface area contributed by atoms with E-state index in [4.69, 9.17) is 0 Å². The summed E-state index contributed by atoms with van der Waals surface area (Å²) in [6.45, 7) is 8.23. The SMILES string of the molecule is CCSCCCN1CC(Cc2ccccc2)NCCC1C. The van der Waals surface area contributed by atoms with Crippen LogP contribution in [0.1, 0.15) is 32.3 Å². The van der Waals surface area contributed by atoms with Crippen LogP contribution in [-0.2, 0) is 6.42 Å². The standard InChI is InChI=1S/C18H30N2S/c1-3-21-13-7-12-20-15-18(19-11-10-16(20)2)14-17-8-5-4-6-9-17/h4-6,8-9,16,18-19H,3,7,10-15H2,1-2H3. The second-order valence-corrected chi connectivity index (χ2v) is 7.42. The third-order valence-electron chi connectivity index (χ3n) is 4.34. The Balaban J connectivity index is 1.85. The molecule has 0 radical (unpaired) electrons. The van der Waals surface area contributed by atoms with Crippen LogP contribution in [0.5, 0.6) is 0 Å². The maximum atomic E-state index is 3.75. The van der Waals surface area contributed by atoms with Crippen LogP contribution in [0, 0.1) is 0 Å². The molecule has 1 aliphatic heterocycles. The molecule has 1 heterocycles. The lowest BCUT2D eigenvalue weighted by Crippen LogP contribution is -2.41. The van der Waals surface area contributed by atoms with E-state index in [2.05, 4.69) is 66.2 Å². The van der Waals surface area contributed by atoms with E-state index in [1.807, 2.05) is 0 Å². The van der Waals surface area contributed by atoms with Crippen molar-refractivity contribution in [2.75, 3.05) is 31.1 Å². The fraction of sp³-hybridized carbons (Fsp3) is 0.667. The van der Waals surface area contributed by atoms with Crippen LogP contribution in [0.25, 0.3) is 0 Å². The van der Waals surface area contributed by atoms with Gasteiger partial charge in [0, 0.05) is 18.6 Å². The Morgan fingerprint density at radius 2 is 2.10 bits per heavy atom. The second kappa shape index (κ2) is 9.50. The van der Waals surface area contributed by atoms with Crippen molar-refractivity contribution >= 4 is 11.8 Å². The Bertz CT molecular complexity index is 382. The zero-order chi connectivity index (χ0) is 14.9. The molecule has 1 N–H and O–H groups in total. The summed E-state index contributed by atoms with van der Waals surface area (Å²) in [6.07, 6.45) is 3.74. The Labute approximate surface area is 134 Å². The molecule has 0 saturated carbocycles. The molecule has 0 aliphatic carbocycles. The quantitative estimate of drug-likeness (QED) is 0.777. The molecule has 2 nitrogen and oxygen atoms in total. The first-order valence-corrected chi connectivity index (χ1v) is 9.54. The summed E-state index contributed by atoms with van der Waals surface area (Å²) in [5.41, 5.74) is 1.45. The van der Waals surface area contributed by atoms with Gasteiger partial charge in [-0.25, -0.2) is 0 Å². The number of rotatable bonds is 7. The van der Waals surface area contributed by atoms with Gasteiger partial charge in [-0.05, 0) is 56.3 Å². The Kier molecular flexibility index (Phi) is 7.62. The summed E-state index contributed by atoms with van der Waals surface area (Å²) in [5, 5.41) is 3.75. The van der Waals surface area contributed by atoms with Crippen LogP contribution in [-0.4, -0.2) is 48.1 Å². The molecule has 2 atom stereocenters. The van der Waals surface area contributed by atoms with E-state index in [9.17, 15) is 0 Å². The van der Waals surface area contributed by atoms with Crippen molar-refractivity contribution in [3.8, 4) is 0 Å². The van der Waals surface area contributed by atoms with Crippen molar-refractivity contribution in [2.24, 2.45) is 0 Å². The van der Waals surface area contributed by atoms with Crippen molar-refractivity contribution in [1.29, 1.82) is 0 Å². The molecule has 1 aromatic carbocycles. The van der Waals surface area contributed by atoms with Crippen LogP contribution in [0.4, 0.5) is 0 Å². The van der Waals surface area contributed by atoms with Gasteiger partial charge in [0.1, 0.15) is 0 Å². The van der Waals surface area contributed by atoms with E-state index in [1.54, 1.807) is 0 Å². The van der Waals surface area contributed by atoms with Crippen molar-refractivity contribution in [1.82, 2.24) is 10.2 Å². The van der Waals surface area contributed by atoms with Crippen molar-refractivity contribution in [3.05, 3.63) is 35.9 Å². The first kappa shape index (κ1) is 16.9. The number of hydrogen-bond acceptors (Lipinski definition) is 3. The fourth-order valence-electron chi connectivity index (χ4n) is 3.07. The second-order valence-electron chi connectivity index (χ2n) is 6.02. The van der Waals surface area contributed by atoms with Gasteiger partial charge in [-0.3, -0.25) is 4.90 Å². The average molecular weight is 307 g/mol. The van der Waals surface area contributed by atoms with Gasteiger partial charge in [-0.2, -0.15) is 11.8 Å². The molecule has 2 unspecified atom stereocenters. The molecule has 2 rings (SSSR count). The van der Waals surface area contributed by atoms with E-state index in [-0.39, 0.29) is 0 Å². The smallest absolute Gasteiger partial charge is 0.0235 e. The fourth-order valence-corrected chi connectivity index (χ4v) is 3.69. The predicted molar refractivity (Wildman–Crippen MR) is 95.2 cm³/mol. The number of benzene rings is 1. The molecule has 0 aromatic heterocycles. The summed E-state index contributed by atoms with van der Waals surface area (Å²) < 4.78 is 0. The van der Waals surface area contributed by atoms with Gasteiger partial charge in [0.05, 0.1) is 0 Å². The topological polar surface area (TPSA) is 15.3 Å². The molecule has 1 saturated heterocycles. The molecule has 118 valence electrons. The highest BCUT2D eigenvalue weighted by Crippen LogP contribution is 2.14. The summed E-state index contributed by atoms with van der Waals surface area (Å²) in [4.78, 5) is 2.70. The van der Waals surface area contributed by atoms with E-state index < -0.39 is 0 Å². The van der Waals surface area contributed by atoms with Gasteiger partial charge in [-0.15, -0.1) is 0 Å². The average Bonchev–Trinajstić information content (AvgIpc) is 2.67. The molecular weight excluding hydrogens is 276 g/mol. The summed E-state index contributed by atoms with van der Waals surface area (Å²) in [6, 6.07) is 12.2. The highest BCUT2D eigenvalue weighted by molar-refractivity contribution is 7.99. The van der Waals surface area contributed by atoms with Crippen LogP contribution in [0.3, 0.4) is 0 Å². The molecule has 0 bridgehead atoms. The minimum atomic E-state index is 0.594. The minimum absolute atomic E-state index is 0.594. The maximum Gasteiger partial charge on any atom is 0.0235 e. The Hall–Kier alpha value is -0.510. The lowest BCUT2D eigenvalue weighted by molar-refractivity contribution is 0.205. The van der Waals surface area contributed by atoms with Crippen molar-refractivity contribution < 1.29 is 0 Å². The van der Waals surface area contributed by atoms with Gasteiger partial charge >= 0.3 is 0 Å². The number of hydrogen-bond donors (Lipinski definition) is 1. The molecule has 0 spiro atoms. The van der Waals surface area contributed by atoms with Crippen molar-refractivity contribution in [3.63, 3.8) is 0 Å². The molecule has 3 heteroatoms. The lowest BCUT2D eigenvalue weighted by atomic mass is 10.1. The van der Waals surface area contributed by atoms with E-state index >= 15 is 0 Å². The number of nitrogens with one attached hydrogen (secondary N) is 1. The van der Waals surface area contributed by atoms with Crippen LogP contribution < -0.4 is 5.32 Å².